The van der Waals surface area contributed by atoms with Crippen LogP contribution in [0.1, 0.15) is 33.6 Å². The summed E-state index contributed by atoms with van der Waals surface area (Å²) in [4.78, 5) is 2.57. The summed E-state index contributed by atoms with van der Waals surface area (Å²) in [6.07, 6.45) is 4.07. The van der Waals surface area contributed by atoms with Crippen molar-refractivity contribution in [3.8, 4) is 0 Å². The van der Waals surface area contributed by atoms with E-state index in [0.29, 0.717) is 18.0 Å². The van der Waals surface area contributed by atoms with Crippen molar-refractivity contribution in [3.05, 3.63) is 0 Å². The predicted molar refractivity (Wildman–Crippen MR) is 75.8 cm³/mol. The molecule has 3 nitrogen and oxygen atoms in total. The fourth-order valence-corrected chi connectivity index (χ4v) is 3.02. The summed E-state index contributed by atoms with van der Waals surface area (Å²) in [5.74, 6) is 1.51. The second-order valence-electron chi connectivity index (χ2n) is 5.57. The fraction of sp³-hybridized carbons (Fsp3) is 1.00. The van der Waals surface area contributed by atoms with Gasteiger partial charge in [-0.1, -0.05) is 13.8 Å². The summed E-state index contributed by atoms with van der Waals surface area (Å²) in [6, 6.07) is 1.16. The normalized spacial score (nSPS) is 26.8. The van der Waals surface area contributed by atoms with Crippen LogP contribution >= 0.6 is 0 Å². The Labute approximate surface area is 109 Å². The number of nitrogens with zero attached hydrogens (tertiary/aromatic N) is 1. The molecule has 0 aromatic carbocycles. The summed E-state index contributed by atoms with van der Waals surface area (Å²) in [7, 11) is -0.655. The summed E-state index contributed by atoms with van der Waals surface area (Å²) < 4.78 is 11.2. The molecule has 3 unspecified atom stereocenters. The smallest absolute Gasteiger partial charge is 0.0246 e. The van der Waals surface area contributed by atoms with Crippen molar-refractivity contribution >= 4 is 10.8 Å². The van der Waals surface area contributed by atoms with E-state index in [1.165, 1.54) is 13.0 Å². The SMILES string of the molecule is CC(C)C1CN(C(C)CCS(C)=O)CCCN1. The largest absolute Gasteiger partial charge is 0.312 e. The first-order chi connectivity index (χ1) is 8.00. The zero-order valence-electron chi connectivity index (χ0n) is 11.7. The zero-order valence-corrected chi connectivity index (χ0v) is 12.6. The molecule has 1 N–H and O–H groups in total. The molecule has 1 rings (SSSR count). The average Bonchev–Trinajstić information content (AvgIpc) is 2.51. The van der Waals surface area contributed by atoms with E-state index in [1.807, 2.05) is 0 Å². The maximum Gasteiger partial charge on any atom is 0.0246 e. The quantitative estimate of drug-likeness (QED) is 0.812. The minimum Gasteiger partial charge on any atom is -0.312 e. The predicted octanol–water partition coefficient (Wildman–Crippen LogP) is 1.46. The summed E-state index contributed by atoms with van der Waals surface area (Å²) >= 11 is 0. The van der Waals surface area contributed by atoms with E-state index in [1.54, 1.807) is 6.26 Å². The van der Waals surface area contributed by atoms with Crippen LogP contribution in [0, 0.1) is 5.92 Å². The molecule has 0 saturated carbocycles. The Morgan fingerprint density at radius 2 is 2.12 bits per heavy atom. The molecule has 0 aliphatic carbocycles. The Balaban J connectivity index is 2.46. The van der Waals surface area contributed by atoms with Crippen LogP contribution in [0.3, 0.4) is 0 Å². The highest BCUT2D eigenvalue weighted by Gasteiger charge is 2.23. The van der Waals surface area contributed by atoms with Gasteiger partial charge in [-0.25, -0.2) is 0 Å². The highest BCUT2D eigenvalue weighted by atomic mass is 32.2. The summed E-state index contributed by atoms with van der Waals surface area (Å²) in [5, 5.41) is 3.63. The molecule has 1 fully saturated rings. The van der Waals surface area contributed by atoms with Gasteiger partial charge in [-0.05, 0) is 38.8 Å². The van der Waals surface area contributed by atoms with Crippen molar-refractivity contribution < 1.29 is 4.21 Å². The maximum absolute atomic E-state index is 11.2. The van der Waals surface area contributed by atoms with Gasteiger partial charge < -0.3 is 5.32 Å². The van der Waals surface area contributed by atoms with E-state index < -0.39 is 10.8 Å². The first kappa shape index (κ1) is 15.1. The van der Waals surface area contributed by atoms with Crippen molar-refractivity contribution in [3.63, 3.8) is 0 Å². The first-order valence-corrected chi connectivity index (χ1v) is 8.51. The molecule has 0 amide bonds. The average molecular weight is 260 g/mol. The van der Waals surface area contributed by atoms with Crippen LogP contribution < -0.4 is 5.32 Å². The van der Waals surface area contributed by atoms with Gasteiger partial charge in [0.25, 0.3) is 0 Å². The topological polar surface area (TPSA) is 32.3 Å². The van der Waals surface area contributed by atoms with Crippen molar-refractivity contribution in [2.75, 3.05) is 31.6 Å². The van der Waals surface area contributed by atoms with Crippen LogP contribution in [0.15, 0.2) is 0 Å². The third-order valence-electron chi connectivity index (χ3n) is 3.71. The second-order valence-corrected chi connectivity index (χ2v) is 7.12. The number of rotatable bonds is 5. The fourth-order valence-electron chi connectivity index (χ4n) is 2.34. The highest BCUT2D eigenvalue weighted by Crippen LogP contribution is 2.13. The molecule has 17 heavy (non-hydrogen) atoms. The van der Waals surface area contributed by atoms with Crippen LogP contribution in [0.4, 0.5) is 0 Å². The molecule has 1 aliphatic heterocycles. The molecule has 102 valence electrons. The van der Waals surface area contributed by atoms with Crippen molar-refractivity contribution in [2.24, 2.45) is 5.92 Å². The van der Waals surface area contributed by atoms with Crippen molar-refractivity contribution in [2.45, 2.75) is 45.7 Å². The lowest BCUT2D eigenvalue weighted by Crippen LogP contribution is -2.44. The lowest BCUT2D eigenvalue weighted by Gasteiger charge is -2.31. The molecule has 1 saturated heterocycles. The lowest BCUT2D eigenvalue weighted by molar-refractivity contribution is 0.188. The minimum atomic E-state index is -0.655. The molecular weight excluding hydrogens is 232 g/mol. The molecule has 4 heteroatoms. The van der Waals surface area contributed by atoms with Crippen LogP contribution in [0.5, 0.6) is 0 Å². The molecular formula is C13H28N2OS. The third-order valence-corrected chi connectivity index (χ3v) is 4.52. The van der Waals surface area contributed by atoms with E-state index in [-0.39, 0.29) is 0 Å². The molecule has 1 aliphatic rings. The number of hydrogen-bond donors (Lipinski definition) is 1. The van der Waals surface area contributed by atoms with Gasteiger partial charge in [-0.2, -0.15) is 0 Å². The monoisotopic (exact) mass is 260 g/mol. The molecule has 1 heterocycles. The van der Waals surface area contributed by atoms with E-state index in [2.05, 4.69) is 31.0 Å². The second kappa shape index (κ2) is 7.49. The Kier molecular flexibility index (Phi) is 6.67. The van der Waals surface area contributed by atoms with Crippen LogP contribution in [-0.2, 0) is 10.8 Å². The number of hydrogen-bond acceptors (Lipinski definition) is 3. The van der Waals surface area contributed by atoms with Gasteiger partial charge in [-0.15, -0.1) is 0 Å². The molecule has 0 aromatic heterocycles. The van der Waals surface area contributed by atoms with Crippen LogP contribution in [0.25, 0.3) is 0 Å². The maximum atomic E-state index is 11.2. The molecule has 0 radical (unpaired) electrons. The van der Waals surface area contributed by atoms with E-state index >= 15 is 0 Å². The van der Waals surface area contributed by atoms with Crippen LogP contribution in [0.2, 0.25) is 0 Å². The van der Waals surface area contributed by atoms with Crippen molar-refractivity contribution in [1.82, 2.24) is 10.2 Å². The number of nitrogens with one attached hydrogen (secondary N) is 1. The van der Waals surface area contributed by atoms with E-state index in [4.69, 9.17) is 0 Å². The minimum absolute atomic E-state index is 0.556. The molecule has 0 bridgehead atoms. The van der Waals surface area contributed by atoms with Gasteiger partial charge in [0.05, 0.1) is 0 Å². The lowest BCUT2D eigenvalue weighted by atomic mass is 10.0. The zero-order chi connectivity index (χ0) is 12.8. The van der Waals surface area contributed by atoms with E-state index in [0.717, 1.165) is 25.3 Å². The molecule has 0 aromatic rings. The Morgan fingerprint density at radius 3 is 2.71 bits per heavy atom. The first-order valence-electron chi connectivity index (χ1n) is 6.78. The Morgan fingerprint density at radius 1 is 1.41 bits per heavy atom. The summed E-state index contributed by atoms with van der Waals surface area (Å²) in [6.45, 7) is 10.3. The molecule has 0 spiro atoms. The van der Waals surface area contributed by atoms with Gasteiger partial charge in [0, 0.05) is 41.4 Å². The standard InChI is InChI=1S/C13H28N2OS/c1-11(2)13-10-15(8-5-7-14-13)12(3)6-9-17(4)16/h11-14H,5-10H2,1-4H3. The highest BCUT2D eigenvalue weighted by molar-refractivity contribution is 7.84. The molecule has 3 atom stereocenters. The summed E-state index contributed by atoms with van der Waals surface area (Å²) in [5.41, 5.74) is 0. The van der Waals surface area contributed by atoms with Gasteiger partial charge in [0.1, 0.15) is 0 Å². The van der Waals surface area contributed by atoms with E-state index in [9.17, 15) is 4.21 Å². The van der Waals surface area contributed by atoms with Crippen LogP contribution in [-0.4, -0.2) is 52.8 Å². The van der Waals surface area contributed by atoms with Gasteiger partial charge in [0.15, 0.2) is 0 Å². The van der Waals surface area contributed by atoms with Gasteiger partial charge >= 0.3 is 0 Å². The van der Waals surface area contributed by atoms with Gasteiger partial charge in [0.2, 0.25) is 0 Å². The van der Waals surface area contributed by atoms with Crippen molar-refractivity contribution in [1.29, 1.82) is 0 Å². The van der Waals surface area contributed by atoms with Gasteiger partial charge in [-0.3, -0.25) is 9.11 Å². The Hall–Kier alpha value is 0.0700. The third kappa shape index (κ3) is 5.49. The Bertz CT molecular complexity index is 246.